The van der Waals surface area contributed by atoms with Crippen molar-refractivity contribution in [3.05, 3.63) is 66.2 Å². The number of rotatable bonds is 4. The number of benzene rings is 3. The Labute approximate surface area is 178 Å². The summed E-state index contributed by atoms with van der Waals surface area (Å²) in [5.74, 6) is 4.60. The molecule has 30 heavy (non-hydrogen) atoms. The molecule has 5 nitrogen and oxygen atoms in total. The SMILES string of the molecule is C=S(=O)(C(=N)c1cc(OC2CCCN(C)C2)ccc1N)c1cccc2ccccc12. The number of hydrogen-bond acceptors (Lipinski definition) is 5. The summed E-state index contributed by atoms with van der Waals surface area (Å²) < 4.78 is 19.9. The summed E-state index contributed by atoms with van der Waals surface area (Å²) in [6.45, 7) is 1.94. The zero-order valence-corrected chi connectivity index (χ0v) is 18.0. The minimum absolute atomic E-state index is 0.0810. The van der Waals surface area contributed by atoms with E-state index in [1.54, 1.807) is 18.2 Å². The van der Waals surface area contributed by atoms with Crippen molar-refractivity contribution in [2.24, 2.45) is 0 Å². The number of nitrogens with two attached hydrogens (primary N) is 1. The van der Waals surface area contributed by atoms with Crippen molar-refractivity contribution in [2.75, 3.05) is 25.9 Å². The maximum Gasteiger partial charge on any atom is 0.124 e. The smallest absolute Gasteiger partial charge is 0.124 e. The second-order valence-electron chi connectivity index (χ2n) is 7.88. The molecule has 1 aliphatic heterocycles. The molecule has 0 aliphatic carbocycles. The number of anilines is 1. The maximum absolute atomic E-state index is 13.8. The van der Waals surface area contributed by atoms with Crippen molar-refractivity contribution in [2.45, 2.75) is 23.8 Å². The molecule has 0 aromatic heterocycles. The summed E-state index contributed by atoms with van der Waals surface area (Å²) in [5.41, 5.74) is 6.98. The molecule has 1 saturated heterocycles. The molecule has 0 radical (unpaired) electrons. The van der Waals surface area contributed by atoms with E-state index in [0.717, 1.165) is 36.7 Å². The van der Waals surface area contributed by atoms with Gasteiger partial charge < -0.3 is 15.4 Å². The van der Waals surface area contributed by atoms with Crippen molar-refractivity contribution >= 4 is 36.9 Å². The molecule has 3 N–H and O–H groups in total. The van der Waals surface area contributed by atoms with Crippen LogP contribution in [-0.2, 0) is 9.52 Å². The van der Waals surface area contributed by atoms with Gasteiger partial charge in [0.1, 0.15) is 16.9 Å². The lowest BCUT2D eigenvalue weighted by Crippen LogP contribution is -2.38. The number of likely N-dealkylation sites (tertiary alicyclic amines) is 1. The van der Waals surface area contributed by atoms with Gasteiger partial charge in [-0.1, -0.05) is 36.4 Å². The molecule has 0 spiro atoms. The van der Waals surface area contributed by atoms with E-state index >= 15 is 0 Å². The minimum atomic E-state index is -3.06. The fraction of sp³-hybridized carbons (Fsp3) is 0.250. The van der Waals surface area contributed by atoms with E-state index in [0.29, 0.717) is 21.9 Å². The Morgan fingerprint density at radius 1 is 1.20 bits per heavy atom. The number of piperidine rings is 1. The number of likely N-dealkylation sites (N-methyl/N-ethyl adjacent to an activating group) is 1. The number of nitrogen functional groups attached to an aromatic ring is 1. The van der Waals surface area contributed by atoms with Crippen LogP contribution in [0.2, 0.25) is 0 Å². The number of fused-ring (bicyclic) bond motifs is 1. The van der Waals surface area contributed by atoms with E-state index in [-0.39, 0.29) is 11.1 Å². The molecule has 0 bridgehead atoms. The molecule has 0 amide bonds. The van der Waals surface area contributed by atoms with Gasteiger partial charge in [-0.05, 0) is 67.3 Å². The minimum Gasteiger partial charge on any atom is -0.489 e. The van der Waals surface area contributed by atoms with Crippen molar-refractivity contribution in [1.82, 2.24) is 4.90 Å². The quantitative estimate of drug-likeness (QED) is 0.289. The fourth-order valence-corrected chi connectivity index (χ4v) is 5.58. The Morgan fingerprint density at radius 2 is 1.97 bits per heavy atom. The molecule has 1 fully saturated rings. The Bertz CT molecular complexity index is 1200. The lowest BCUT2D eigenvalue weighted by molar-refractivity contribution is 0.104. The van der Waals surface area contributed by atoms with Crippen LogP contribution in [0.15, 0.2) is 65.6 Å². The Hall–Kier alpha value is -2.83. The summed E-state index contributed by atoms with van der Waals surface area (Å²) in [6, 6.07) is 18.5. The largest absolute Gasteiger partial charge is 0.489 e. The van der Waals surface area contributed by atoms with Crippen molar-refractivity contribution in [1.29, 1.82) is 5.41 Å². The standard InChI is InChI=1S/C24H27N3O2S/c1-27-14-6-9-19(16-27)29-18-12-13-22(25)21(15-18)24(26)30(2,28)23-11-5-8-17-7-3-4-10-20(17)23/h3-5,7-8,10-13,15,19,26H,2,6,9,14,16,25H2,1H3. The summed E-state index contributed by atoms with van der Waals surface area (Å²) in [7, 11) is -0.975. The van der Waals surface area contributed by atoms with Gasteiger partial charge >= 0.3 is 0 Å². The third-order valence-electron chi connectivity index (χ3n) is 5.59. The molecule has 6 heteroatoms. The van der Waals surface area contributed by atoms with Crippen LogP contribution in [0, 0.1) is 5.41 Å². The zero-order valence-electron chi connectivity index (χ0n) is 17.1. The molecule has 4 rings (SSSR count). The second kappa shape index (κ2) is 8.13. The Balaban J connectivity index is 1.68. The van der Waals surface area contributed by atoms with Gasteiger partial charge in [0.2, 0.25) is 0 Å². The first-order valence-corrected chi connectivity index (χ1v) is 11.8. The highest BCUT2D eigenvalue weighted by molar-refractivity contribution is 8.14. The molecule has 3 aromatic carbocycles. The number of nitrogens with zero attached hydrogens (tertiary/aromatic N) is 1. The van der Waals surface area contributed by atoms with Crippen molar-refractivity contribution < 1.29 is 8.95 Å². The molecule has 1 aliphatic rings. The molecule has 2 unspecified atom stereocenters. The third kappa shape index (κ3) is 3.93. The zero-order chi connectivity index (χ0) is 21.3. The van der Waals surface area contributed by atoms with Gasteiger partial charge in [0, 0.05) is 32.2 Å². The number of hydrogen-bond donors (Lipinski definition) is 2. The normalized spacial score (nSPS) is 19.3. The molecule has 3 aromatic rings. The molecule has 1 heterocycles. The highest BCUT2D eigenvalue weighted by Gasteiger charge is 2.23. The van der Waals surface area contributed by atoms with Crippen LogP contribution >= 0.6 is 0 Å². The number of ether oxygens (including phenoxy) is 1. The van der Waals surface area contributed by atoms with Crippen LogP contribution in [-0.4, -0.2) is 46.3 Å². The van der Waals surface area contributed by atoms with Gasteiger partial charge in [0.05, 0.1) is 0 Å². The maximum atomic E-state index is 13.8. The van der Waals surface area contributed by atoms with Crippen LogP contribution in [0.5, 0.6) is 5.75 Å². The van der Waals surface area contributed by atoms with Crippen LogP contribution in [0.1, 0.15) is 18.4 Å². The van der Waals surface area contributed by atoms with Gasteiger partial charge in [-0.25, -0.2) is 0 Å². The van der Waals surface area contributed by atoms with Gasteiger partial charge in [-0.2, -0.15) is 0 Å². The van der Waals surface area contributed by atoms with Gasteiger partial charge in [-0.15, -0.1) is 0 Å². The lowest BCUT2D eigenvalue weighted by atomic mass is 10.1. The van der Waals surface area contributed by atoms with E-state index in [9.17, 15) is 4.21 Å². The van der Waals surface area contributed by atoms with E-state index in [1.165, 1.54) is 0 Å². The monoisotopic (exact) mass is 421 g/mol. The first-order chi connectivity index (χ1) is 14.4. The van der Waals surface area contributed by atoms with Crippen LogP contribution in [0.25, 0.3) is 10.8 Å². The first kappa shape index (κ1) is 20.4. The second-order valence-corrected chi connectivity index (χ2v) is 10.1. The van der Waals surface area contributed by atoms with Gasteiger partial charge in [-0.3, -0.25) is 9.62 Å². The van der Waals surface area contributed by atoms with Crippen LogP contribution in [0.4, 0.5) is 5.69 Å². The average Bonchev–Trinajstić information content (AvgIpc) is 2.74. The molecular formula is C24H27N3O2S. The molecular weight excluding hydrogens is 394 g/mol. The Morgan fingerprint density at radius 3 is 2.77 bits per heavy atom. The Kier molecular flexibility index (Phi) is 5.54. The van der Waals surface area contributed by atoms with Crippen LogP contribution < -0.4 is 10.5 Å². The van der Waals surface area contributed by atoms with Crippen molar-refractivity contribution in [3.63, 3.8) is 0 Å². The van der Waals surface area contributed by atoms with E-state index in [1.807, 2.05) is 42.5 Å². The predicted molar refractivity (Wildman–Crippen MR) is 126 cm³/mol. The molecule has 0 saturated carbocycles. The van der Waals surface area contributed by atoms with Crippen molar-refractivity contribution in [3.8, 4) is 5.75 Å². The average molecular weight is 422 g/mol. The first-order valence-electron chi connectivity index (χ1n) is 10.0. The van der Waals surface area contributed by atoms with Gasteiger partial charge in [0.25, 0.3) is 0 Å². The summed E-state index contributed by atoms with van der Waals surface area (Å²) in [4.78, 5) is 2.79. The predicted octanol–water partition coefficient (Wildman–Crippen LogP) is 4.00. The summed E-state index contributed by atoms with van der Waals surface area (Å²) in [6.07, 6.45) is 2.17. The topological polar surface area (TPSA) is 79.4 Å². The highest BCUT2D eigenvalue weighted by atomic mass is 32.2. The fourth-order valence-electron chi connectivity index (χ4n) is 3.98. The summed E-state index contributed by atoms with van der Waals surface area (Å²) in [5, 5.41) is 10.5. The van der Waals surface area contributed by atoms with E-state index < -0.39 is 9.52 Å². The number of nitrogens with one attached hydrogen (secondary N) is 1. The van der Waals surface area contributed by atoms with E-state index in [2.05, 4.69) is 17.8 Å². The highest BCUT2D eigenvalue weighted by Crippen LogP contribution is 2.29. The third-order valence-corrected chi connectivity index (χ3v) is 7.53. The molecule has 156 valence electrons. The van der Waals surface area contributed by atoms with Crippen LogP contribution in [0.3, 0.4) is 0 Å². The van der Waals surface area contributed by atoms with E-state index in [4.69, 9.17) is 15.9 Å². The summed E-state index contributed by atoms with van der Waals surface area (Å²) >= 11 is 0. The molecule has 2 atom stereocenters. The lowest BCUT2D eigenvalue weighted by Gasteiger charge is -2.30. The van der Waals surface area contributed by atoms with Gasteiger partial charge in [0.15, 0.2) is 0 Å².